The van der Waals surface area contributed by atoms with Crippen LogP contribution in [0.2, 0.25) is 0 Å². The van der Waals surface area contributed by atoms with Crippen LogP contribution in [0.15, 0.2) is 77.7 Å². The summed E-state index contributed by atoms with van der Waals surface area (Å²) in [5, 5.41) is 0. The van der Waals surface area contributed by atoms with E-state index in [0.29, 0.717) is 24.5 Å². The largest absolute Gasteiger partial charge is 0.497 e. The lowest BCUT2D eigenvalue weighted by Gasteiger charge is -2.26. The van der Waals surface area contributed by atoms with Gasteiger partial charge in [0.05, 0.1) is 12.0 Å². The molecule has 0 radical (unpaired) electrons. The highest BCUT2D eigenvalue weighted by Crippen LogP contribution is 2.33. The van der Waals surface area contributed by atoms with E-state index in [2.05, 4.69) is 4.72 Å². The lowest BCUT2D eigenvalue weighted by molar-refractivity contribution is -0.133. The summed E-state index contributed by atoms with van der Waals surface area (Å²) in [5.41, 5.74) is 3.30. The summed E-state index contributed by atoms with van der Waals surface area (Å²) >= 11 is 0. The molecule has 0 saturated heterocycles. The van der Waals surface area contributed by atoms with Crippen LogP contribution in [0, 0.1) is 5.92 Å². The van der Waals surface area contributed by atoms with Crippen LogP contribution in [0.25, 0.3) is 0 Å². The molecule has 0 spiro atoms. The number of hydrogen-bond acceptors (Lipinski definition) is 5. The van der Waals surface area contributed by atoms with E-state index in [9.17, 15) is 13.2 Å². The first kappa shape index (κ1) is 24.6. The van der Waals surface area contributed by atoms with Gasteiger partial charge in [-0.05, 0) is 66.4 Å². The Morgan fingerprint density at radius 3 is 2.26 bits per heavy atom. The van der Waals surface area contributed by atoms with Crippen molar-refractivity contribution >= 4 is 27.3 Å². The predicted molar refractivity (Wildman–Crippen MR) is 138 cm³/mol. The molecule has 184 valence electrons. The maximum Gasteiger partial charge on any atom is 0.261 e. The van der Waals surface area contributed by atoms with E-state index in [1.165, 1.54) is 19.2 Å². The minimum Gasteiger partial charge on any atom is -0.497 e. The van der Waals surface area contributed by atoms with Crippen LogP contribution in [0.1, 0.15) is 24.0 Å². The molecule has 8 heteroatoms. The summed E-state index contributed by atoms with van der Waals surface area (Å²) in [6, 6.07) is 21.6. The predicted octanol–water partition coefficient (Wildman–Crippen LogP) is 4.50. The van der Waals surface area contributed by atoms with Gasteiger partial charge >= 0.3 is 0 Å². The van der Waals surface area contributed by atoms with Crippen molar-refractivity contribution in [3.05, 3.63) is 83.9 Å². The van der Waals surface area contributed by atoms with Crippen molar-refractivity contribution in [3.63, 3.8) is 0 Å². The first-order valence-corrected chi connectivity index (χ1v) is 13.0. The van der Waals surface area contributed by atoms with E-state index in [1.807, 2.05) is 66.4 Å². The Hall–Kier alpha value is -3.52. The monoisotopic (exact) mass is 493 g/mol. The number of anilines is 2. The van der Waals surface area contributed by atoms with E-state index in [1.54, 1.807) is 18.2 Å². The molecule has 0 heterocycles. The number of methoxy groups -OCH3 is 1. The quantitative estimate of drug-likeness (QED) is 0.450. The number of ether oxygens (including phenoxy) is 1. The molecular formula is C27H31N3O4S. The third kappa shape index (κ3) is 6.14. The van der Waals surface area contributed by atoms with Crippen molar-refractivity contribution in [1.82, 2.24) is 4.90 Å². The topological polar surface area (TPSA) is 79.0 Å². The number of nitrogens with one attached hydrogen (secondary N) is 1. The Morgan fingerprint density at radius 2 is 1.66 bits per heavy atom. The maximum atomic E-state index is 13.1. The molecule has 35 heavy (non-hydrogen) atoms. The molecule has 0 unspecified atom stereocenters. The summed E-state index contributed by atoms with van der Waals surface area (Å²) in [6.45, 7) is 0.890. The number of sulfonamides is 1. The SMILES string of the molecule is COc1ccc(S(=O)(=O)Nc2ccc(N(C)C)c(CN(Cc3ccccc3)C(=O)C3CC3)c2)cc1. The van der Waals surface area contributed by atoms with E-state index in [0.717, 1.165) is 29.7 Å². The van der Waals surface area contributed by atoms with Gasteiger partial charge in [0.1, 0.15) is 5.75 Å². The van der Waals surface area contributed by atoms with Gasteiger partial charge in [0.2, 0.25) is 5.91 Å². The summed E-state index contributed by atoms with van der Waals surface area (Å²) in [4.78, 5) is 17.1. The van der Waals surface area contributed by atoms with E-state index >= 15 is 0 Å². The third-order valence-corrected chi connectivity index (χ3v) is 7.40. The van der Waals surface area contributed by atoms with Crippen molar-refractivity contribution in [2.24, 2.45) is 5.92 Å². The lowest BCUT2D eigenvalue weighted by atomic mass is 10.1. The zero-order valence-corrected chi connectivity index (χ0v) is 21.1. The fourth-order valence-corrected chi connectivity index (χ4v) is 5.04. The van der Waals surface area contributed by atoms with Crippen LogP contribution in [-0.2, 0) is 27.9 Å². The number of carbonyl (C=O) groups is 1. The molecule has 4 rings (SSSR count). The molecule has 1 fully saturated rings. The Labute approximate surface area is 207 Å². The maximum absolute atomic E-state index is 13.1. The summed E-state index contributed by atoms with van der Waals surface area (Å²) < 4.78 is 33.7. The fraction of sp³-hybridized carbons (Fsp3) is 0.296. The first-order valence-electron chi connectivity index (χ1n) is 11.6. The second-order valence-corrected chi connectivity index (χ2v) is 10.7. The molecule has 3 aromatic rings. The van der Waals surface area contributed by atoms with Gasteiger partial charge in [-0.1, -0.05) is 30.3 Å². The van der Waals surface area contributed by atoms with Crippen molar-refractivity contribution in [2.45, 2.75) is 30.8 Å². The molecule has 3 aromatic carbocycles. The van der Waals surface area contributed by atoms with Gasteiger partial charge in [-0.3, -0.25) is 9.52 Å². The minimum absolute atomic E-state index is 0.0817. The van der Waals surface area contributed by atoms with Crippen molar-refractivity contribution < 1.29 is 17.9 Å². The average Bonchev–Trinajstić information content (AvgIpc) is 3.69. The molecule has 1 aliphatic rings. The molecular weight excluding hydrogens is 462 g/mol. The minimum atomic E-state index is -3.78. The summed E-state index contributed by atoms with van der Waals surface area (Å²) in [5.74, 6) is 0.807. The third-order valence-electron chi connectivity index (χ3n) is 6.00. The second-order valence-electron chi connectivity index (χ2n) is 8.97. The average molecular weight is 494 g/mol. The normalized spacial score (nSPS) is 13.2. The molecule has 1 saturated carbocycles. The van der Waals surface area contributed by atoms with Crippen molar-refractivity contribution in [2.75, 3.05) is 30.8 Å². The summed E-state index contributed by atoms with van der Waals surface area (Å²) in [6.07, 6.45) is 1.85. The zero-order valence-electron chi connectivity index (χ0n) is 20.3. The summed E-state index contributed by atoms with van der Waals surface area (Å²) in [7, 11) is 1.62. The molecule has 1 amide bonds. The Balaban J connectivity index is 1.61. The zero-order chi connectivity index (χ0) is 25.0. The smallest absolute Gasteiger partial charge is 0.261 e. The van der Waals surface area contributed by atoms with E-state index in [-0.39, 0.29) is 16.7 Å². The van der Waals surface area contributed by atoms with Gasteiger partial charge in [-0.2, -0.15) is 0 Å². The van der Waals surface area contributed by atoms with Crippen LogP contribution in [0.4, 0.5) is 11.4 Å². The number of carbonyl (C=O) groups excluding carboxylic acids is 1. The number of amides is 1. The Kier molecular flexibility index (Phi) is 7.31. The standard InChI is InChI=1S/C27H31N3O4S/c1-29(2)26-16-11-23(28-35(32,33)25-14-12-24(34-3)13-15-25)17-22(26)19-30(27(31)21-9-10-21)18-20-7-5-4-6-8-20/h4-8,11-17,21,28H,9-10,18-19H2,1-3H3. The number of hydrogen-bond donors (Lipinski definition) is 1. The molecule has 0 bridgehead atoms. The van der Waals surface area contributed by atoms with E-state index in [4.69, 9.17) is 4.74 Å². The van der Waals surface area contributed by atoms with Gasteiger partial charge in [-0.25, -0.2) is 8.42 Å². The van der Waals surface area contributed by atoms with Crippen LogP contribution >= 0.6 is 0 Å². The molecule has 1 N–H and O–H groups in total. The van der Waals surface area contributed by atoms with Gasteiger partial charge in [0, 0.05) is 44.5 Å². The van der Waals surface area contributed by atoms with Gasteiger partial charge in [0.25, 0.3) is 10.0 Å². The number of benzene rings is 3. The van der Waals surface area contributed by atoms with Crippen molar-refractivity contribution in [3.8, 4) is 5.75 Å². The molecule has 0 atom stereocenters. The Morgan fingerprint density at radius 1 is 0.971 bits per heavy atom. The van der Waals surface area contributed by atoms with Crippen LogP contribution in [-0.4, -0.2) is 40.4 Å². The van der Waals surface area contributed by atoms with Crippen molar-refractivity contribution in [1.29, 1.82) is 0 Å². The molecule has 1 aliphatic carbocycles. The highest BCUT2D eigenvalue weighted by Gasteiger charge is 2.33. The second kappa shape index (κ2) is 10.4. The highest BCUT2D eigenvalue weighted by molar-refractivity contribution is 7.92. The number of nitrogens with zero attached hydrogens (tertiary/aromatic N) is 2. The highest BCUT2D eigenvalue weighted by atomic mass is 32.2. The van der Waals surface area contributed by atoms with Gasteiger partial charge in [-0.15, -0.1) is 0 Å². The lowest BCUT2D eigenvalue weighted by Crippen LogP contribution is -2.32. The first-order chi connectivity index (χ1) is 16.8. The van der Waals surface area contributed by atoms with Crippen LogP contribution in [0.3, 0.4) is 0 Å². The van der Waals surface area contributed by atoms with Gasteiger partial charge < -0.3 is 14.5 Å². The van der Waals surface area contributed by atoms with Gasteiger partial charge in [0.15, 0.2) is 0 Å². The Bertz CT molecular complexity index is 1270. The molecule has 0 aromatic heterocycles. The van der Waals surface area contributed by atoms with Crippen LogP contribution < -0.4 is 14.4 Å². The van der Waals surface area contributed by atoms with E-state index < -0.39 is 10.0 Å². The molecule has 7 nitrogen and oxygen atoms in total. The fourth-order valence-electron chi connectivity index (χ4n) is 3.99. The molecule has 0 aliphatic heterocycles. The number of rotatable bonds is 10. The van der Waals surface area contributed by atoms with Crippen LogP contribution in [0.5, 0.6) is 5.75 Å².